The molecule has 24 heavy (non-hydrogen) atoms. The third-order valence-electron chi connectivity index (χ3n) is 4.09. The highest BCUT2D eigenvalue weighted by atomic mass is 16.5. The Morgan fingerprint density at radius 2 is 2.17 bits per heavy atom. The second-order valence-electron chi connectivity index (χ2n) is 6.05. The highest BCUT2D eigenvalue weighted by Crippen LogP contribution is 2.15. The number of hydrogen-bond acceptors (Lipinski definition) is 4. The van der Waals surface area contributed by atoms with Crippen LogP contribution in [0.5, 0.6) is 0 Å². The summed E-state index contributed by atoms with van der Waals surface area (Å²) >= 11 is 0. The molecule has 0 aliphatic carbocycles. The minimum absolute atomic E-state index is 0.0350. The maximum absolute atomic E-state index is 12.2. The Hall–Kier alpha value is -2.47. The Bertz CT molecular complexity index is 762. The van der Waals surface area contributed by atoms with Gasteiger partial charge in [0.25, 0.3) is 5.56 Å². The van der Waals surface area contributed by atoms with Gasteiger partial charge in [0.1, 0.15) is 6.54 Å². The Morgan fingerprint density at radius 3 is 2.83 bits per heavy atom. The van der Waals surface area contributed by atoms with Crippen LogP contribution in [0.3, 0.4) is 0 Å². The van der Waals surface area contributed by atoms with Crippen molar-refractivity contribution >= 4 is 5.91 Å². The van der Waals surface area contributed by atoms with Crippen molar-refractivity contribution in [2.24, 2.45) is 0 Å². The molecular formula is C18H21N3O3. The number of amides is 1. The minimum Gasteiger partial charge on any atom is -0.376 e. The average molecular weight is 327 g/mol. The van der Waals surface area contributed by atoms with E-state index in [0.717, 1.165) is 30.6 Å². The summed E-state index contributed by atoms with van der Waals surface area (Å²) in [4.78, 5) is 28.4. The van der Waals surface area contributed by atoms with Crippen LogP contribution >= 0.6 is 0 Å². The number of nitrogens with one attached hydrogen (secondary N) is 1. The highest BCUT2D eigenvalue weighted by molar-refractivity contribution is 5.75. The molecule has 1 amide bonds. The lowest BCUT2D eigenvalue weighted by molar-refractivity contribution is -0.122. The van der Waals surface area contributed by atoms with E-state index in [4.69, 9.17) is 4.74 Å². The van der Waals surface area contributed by atoms with Crippen LogP contribution in [0.2, 0.25) is 0 Å². The highest BCUT2D eigenvalue weighted by Gasteiger charge is 2.16. The second-order valence-corrected chi connectivity index (χ2v) is 6.05. The van der Waals surface area contributed by atoms with Gasteiger partial charge in [0, 0.05) is 24.8 Å². The van der Waals surface area contributed by atoms with Gasteiger partial charge < -0.3 is 10.1 Å². The number of hydrogen-bond donors (Lipinski definition) is 1. The minimum atomic E-state index is -0.243. The number of aromatic nitrogens is 2. The number of ether oxygens (including phenoxy) is 1. The molecule has 2 heterocycles. The molecule has 1 saturated heterocycles. The van der Waals surface area contributed by atoms with Crippen LogP contribution in [-0.2, 0) is 16.1 Å². The summed E-state index contributed by atoms with van der Waals surface area (Å²) in [5.41, 5.74) is 2.39. The van der Waals surface area contributed by atoms with Gasteiger partial charge in [-0.1, -0.05) is 29.8 Å². The van der Waals surface area contributed by atoms with Crippen molar-refractivity contribution in [1.29, 1.82) is 0 Å². The molecule has 0 saturated carbocycles. The first-order chi connectivity index (χ1) is 11.6. The Balaban J connectivity index is 1.63. The van der Waals surface area contributed by atoms with Gasteiger partial charge in [0.05, 0.1) is 18.1 Å². The Morgan fingerprint density at radius 1 is 1.38 bits per heavy atom. The summed E-state index contributed by atoms with van der Waals surface area (Å²) in [5, 5.41) is 2.80. The zero-order chi connectivity index (χ0) is 16.9. The van der Waals surface area contributed by atoms with Crippen molar-refractivity contribution in [3.63, 3.8) is 0 Å². The SMILES string of the molecule is Cc1ccc(-c2cc(=O)n(CC(=O)NC[C@H]3CCCO3)cn2)cc1. The average Bonchev–Trinajstić information content (AvgIpc) is 3.09. The van der Waals surface area contributed by atoms with E-state index < -0.39 is 0 Å². The summed E-state index contributed by atoms with van der Waals surface area (Å²) in [6.45, 7) is 3.21. The predicted molar refractivity (Wildman–Crippen MR) is 90.7 cm³/mol. The Kier molecular flexibility index (Phi) is 5.05. The maximum atomic E-state index is 12.2. The number of nitrogens with zero attached hydrogens (tertiary/aromatic N) is 2. The van der Waals surface area contributed by atoms with Gasteiger partial charge >= 0.3 is 0 Å². The molecular weight excluding hydrogens is 306 g/mol. The van der Waals surface area contributed by atoms with Crippen LogP contribution in [0.1, 0.15) is 18.4 Å². The smallest absolute Gasteiger partial charge is 0.254 e. The van der Waals surface area contributed by atoms with Gasteiger partial charge in [-0.15, -0.1) is 0 Å². The topological polar surface area (TPSA) is 73.2 Å². The van der Waals surface area contributed by atoms with Gasteiger partial charge in [0.2, 0.25) is 5.91 Å². The first-order valence-corrected chi connectivity index (χ1v) is 8.13. The van der Waals surface area contributed by atoms with E-state index in [1.54, 1.807) is 0 Å². The van der Waals surface area contributed by atoms with Crippen molar-refractivity contribution < 1.29 is 9.53 Å². The number of benzene rings is 1. The van der Waals surface area contributed by atoms with Crippen LogP contribution in [0.25, 0.3) is 11.3 Å². The number of aryl methyl sites for hydroxylation is 1. The van der Waals surface area contributed by atoms with Crippen LogP contribution in [0.4, 0.5) is 0 Å². The molecule has 1 aliphatic rings. The molecule has 1 N–H and O–H groups in total. The van der Waals surface area contributed by atoms with Gasteiger partial charge in [-0.3, -0.25) is 14.2 Å². The first-order valence-electron chi connectivity index (χ1n) is 8.13. The molecule has 1 atom stereocenters. The lowest BCUT2D eigenvalue weighted by Crippen LogP contribution is -2.36. The summed E-state index contributed by atoms with van der Waals surface area (Å²) < 4.78 is 6.76. The molecule has 1 aromatic heterocycles. The van der Waals surface area contributed by atoms with Gasteiger partial charge in [0.15, 0.2) is 0 Å². The monoisotopic (exact) mass is 327 g/mol. The standard InChI is InChI=1S/C18H21N3O3/c1-13-4-6-14(7-5-13)16-9-18(23)21(12-20-16)11-17(22)19-10-15-3-2-8-24-15/h4-7,9,12,15H,2-3,8,10-11H2,1H3,(H,19,22)/t15-/m1/s1. The molecule has 1 aliphatic heterocycles. The molecule has 126 valence electrons. The van der Waals surface area contributed by atoms with Crippen LogP contribution in [0.15, 0.2) is 41.5 Å². The molecule has 0 bridgehead atoms. The van der Waals surface area contributed by atoms with Gasteiger partial charge in [-0.25, -0.2) is 4.98 Å². The van der Waals surface area contributed by atoms with Crippen molar-refractivity contribution in [2.45, 2.75) is 32.4 Å². The summed E-state index contributed by atoms with van der Waals surface area (Å²) in [7, 11) is 0. The zero-order valence-electron chi connectivity index (χ0n) is 13.7. The van der Waals surface area contributed by atoms with E-state index in [9.17, 15) is 9.59 Å². The molecule has 3 rings (SSSR count). The van der Waals surface area contributed by atoms with E-state index in [2.05, 4.69) is 10.3 Å². The fourth-order valence-corrected chi connectivity index (χ4v) is 2.67. The van der Waals surface area contributed by atoms with E-state index in [0.29, 0.717) is 12.2 Å². The van der Waals surface area contributed by atoms with Gasteiger partial charge in [-0.2, -0.15) is 0 Å². The predicted octanol–water partition coefficient (Wildman–Crippen LogP) is 1.51. The molecule has 1 fully saturated rings. The zero-order valence-corrected chi connectivity index (χ0v) is 13.7. The van der Waals surface area contributed by atoms with E-state index >= 15 is 0 Å². The number of carbonyl (C=O) groups is 1. The van der Waals surface area contributed by atoms with Crippen molar-refractivity contribution in [3.8, 4) is 11.3 Å². The first kappa shape index (κ1) is 16.4. The summed E-state index contributed by atoms with van der Waals surface area (Å²) in [5.74, 6) is -0.211. The Labute approximate surface area is 140 Å². The molecule has 0 unspecified atom stereocenters. The quantitative estimate of drug-likeness (QED) is 0.903. The molecule has 0 radical (unpaired) electrons. The summed E-state index contributed by atoms with van der Waals surface area (Å²) in [6, 6.07) is 9.26. The largest absolute Gasteiger partial charge is 0.376 e. The molecule has 0 spiro atoms. The van der Waals surface area contributed by atoms with Crippen LogP contribution < -0.4 is 10.9 Å². The van der Waals surface area contributed by atoms with Crippen molar-refractivity contribution in [2.75, 3.05) is 13.2 Å². The second kappa shape index (κ2) is 7.40. The molecule has 6 heteroatoms. The molecule has 6 nitrogen and oxygen atoms in total. The lowest BCUT2D eigenvalue weighted by Gasteiger charge is -2.11. The molecule has 1 aromatic carbocycles. The third kappa shape index (κ3) is 4.08. The lowest BCUT2D eigenvalue weighted by atomic mass is 10.1. The third-order valence-corrected chi connectivity index (χ3v) is 4.09. The number of carbonyl (C=O) groups excluding carboxylic acids is 1. The maximum Gasteiger partial charge on any atom is 0.254 e. The van der Waals surface area contributed by atoms with Crippen molar-refractivity contribution in [3.05, 3.63) is 52.6 Å². The van der Waals surface area contributed by atoms with E-state index in [1.807, 2.05) is 31.2 Å². The van der Waals surface area contributed by atoms with Gasteiger partial charge in [-0.05, 0) is 19.8 Å². The molecule has 2 aromatic rings. The fourth-order valence-electron chi connectivity index (χ4n) is 2.67. The van der Waals surface area contributed by atoms with Crippen LogP contribution in [0, 0.1) is 6.92 Å². The normalized spacial score (nSPS) is 17.0. The van der Waals surface area contributed by atoms with E-state index in [1.165, 1.54) is 17.0 Å². The summed E-state index contributed by atoms with van der Waals surface area (Å²) in [6.07, 6.45) is 3.51. The fraction of sp³-hybridized carbons (Fsp3) is 0.389. The van der Waals surface area contributed by atoms with E-state index in [-0.39, 0.29) is 24.1 Å². The number of rotatable bonds is 5. The van der Waals surface area contributed by atoms with Crippen LogP contribution in [-0.4, -0.2) is 34.7 Å². The van der Waals surface area contributed by atoms with Crippen molar-refractivity contribution in [1.82, 2.24) is 14.9 Å².